The number of aromatic amines is 1. The average molecular weight is 349 g/mol. The van der Waals surface area contributed by atoms with Crippen LogP contribution < -0.4 is 0 Å². The molecule has 0 bridgehead atoms. The first-order valence-corrected chi connectivity index (χ1v) is 8.93. The Bertz CT molecular complexity index is 925. The molecule has 1 aliphatic carbocycles. The summed E-state index contributed by atoms with van der Waals surface area (Å²) in [4.78, 5) is 18.9. The molecule has 8 nitrogen and oxygen atoms in total. The van der Waals surface area contributed by atoms with Gasteiger partial charge in [-0.2, -0.15) is 5.10 Å². The molecule has 0 saturated heterocycles. The summed E-state index contributed by atoms with van der Waals surface area (Å²) in [6.07, 6.45) is 8.85. The maximum Gasteiger partial charge on any atom is 0.272 e. The second kappa shape index (κ2) is 6.05. The molecule has 1 N–H and O–H groups in total. The van der Waals surface area contributed by atoms with E-state index in [9.17, 15) is 4.79 Å². The minimum absolute atomic E-state index is 0.0678. The van der Waals surface area contributed by atoms with Crippen molar-refractivity contribution in [3.63, 3.8) is 0 Å². The summed E-state index contributed by atoms with van der Waals surface area (Å²) in [7, 11) is 0. The molecule has 132 valence electrons. The molecule has 0 spiro atoms. The Labute approximate surface area is 150 Å². The Morgan fingerprint density at radius 1 is 1.15 bits per heavy atom. The Morgan fingerprint density at radius 3 is 2.81 bits per heavy atom. The summed E-state index contributed by atoms with van der Waals surface area (Å²) in [6.45, 7) is 1.90. The van der Waals surface area contributed by atoms with Crippen molar-refractivity contribution >= 4 is 5.91 Å². The number of carbonyl (C=O) groups is 1. The van der Waals surface area contributed by atoms with E-state index in [2.05, 4.69) is 29.9 Å². The number of nitrogens with zero attached hydrogens (tertiary/aromatic N) is 6. The van der Waals surface area contributed by atoms with Gasteiger partial charge >= 0.3 is 0 Å². The topological polar surface area (TPSA) is 92.6 Å². The van der Waals surface area contributed by atoms with E-state index in [0.29, 0.717) is 18.8 Å². The van der Waals surface area contributed by atoms with E-state index >= 15 is 0 Å². The summed E-state index contributed by atoms with van der Waals surface area (Å²) in [5, 5.41) is 15.3. The van der Waals surface area contributed by atoms with Crippen LogP contribution in [0.5, 0.6) is 0 Å². The van der Waals surface area contributed by atoms with Gasteiger partial charge in [-0.1, -0.05) is 6.07 Å². The molecular formula is C18H19N7O. The number of rotatable bonds is 4. The molecular weight excluding hydrogens is 330 g/mol. The first kappa shape index (κ1) is 15.2. The molecule has 3 aromatic rings. The summed E-state index contributed by atoms with van der Waals surface area (Å²) in [5.74, 6) is 2.65. The van der Waals surface area contributed by atoms with Crippen LogP contribution in [-0.4, -0.2) is 47.3 Å². The molecule has 0 atom stereocenters. The fourth-order valence-electron chi connectivity index (χ4n) is 3.38. The number of H-pyrrole nitrogens is 1. The van der Waals surface area contributed by atoms with Crippen molar-refractivity contribution in [3.05, 3.63) is 48.1 Å². The van der Waals surface area contributed by atoms with Crippen molar-refractivity contribution < 1.29 is 4.79 Å². The first-order chi connectivity index (χ1) is 12.8. The smallest absolute Gasteiger partial charge is 0.272 e. The highest BCUT2D eigenvalue weighted by atomic mass is 16.2. The molecule has 1 amide bonds. The number of carbonyl (C=O) groups excluding carboxylic acids is 1. The van der Waals surface area contributed by atoms with Crippen LogP contribution in [0.15, 0.2) is 30.7 Å². The Kier molecular flexibility index (Phi) is 3.55. The molecule has 5 rings (SSSR count). The van der Waals surface area contributed by atoms with Gasteiger partial charge in [-0.3, -0.25) is 14.9 Å². The van der Waals surface area contributed by atoms with Crippen molar-refractivity contribution in [3.8, 4) is 11.1 Å². The second-order valence-electron chi connectivity index (χ2n) is 6.98. The summed E-state index contributed by atoms with van der Waals surface area (Å²) >= 11 is 0. The predicted molar refractivity (Wildman–Crippen MR) is 93.0 cm³/mol. The standard InChI is InChI=1S/C18H19N7O/c26-18(15-4-3-13(8-19-15)14-9-20-21-10-14)24-5-6-25-16(7-12-1-2-12)22-23-17(25)11-24/h3-4,8-10,12H,1-2,5-7,11H2,(H,20,21). The summed E-state index contributed by atoms with van der Waals surface area (Å²) in [5.41, 5.74) is 2.33. The molecule has 4 heterocycles. The van der Waals surface area contributed by atoms with Gasteiger partial charge < -0.3 is 9.47 Å². The number of hydrogen-bond donors (Lipinski definition) is 1. The number of fused-ring (bicyclic) bond motifs is 1. The van der Waals surface area contributed by atoms with Crippen LogP contribution in [0.1, 0.15) is 35.0 Å². The van der Waals surface area contributed by atoms with Crippen molar-refractivity contribution in [1.82, 2.24) is 34.8 Å². The minimum Gasteiger partial charge on any atom is -0.328 e. The van der Waals surface area contributed by atoms with Crippen molar-refractivity contribution in [2.75, 3.05) is 6.54 Å². The number of pyridine rings is 1. The molecule has 1 aliphatic heterocycles. The highest BCUT2D eigenvalue weighted by Gasteiger charge is 2.29. The molecule has 3 aromatic heterocycles. The highest BCUT2D eigenvalue weighted by molar-refractivity contribution is 5.92. The zero-order valence-corrected chi connectivity index (χ0v) is 14.3. The normalized spacial score (nSPS) is 16.5. The average Bonchev–Trinajstić information content (AvgIpc) is 3.17. The zero-order chi connectivity index (χ0) is 17.5. The quantitative estimate of drug-likeness (QED) is 0.773. The van der Waals surface area contributed by atoms with Gasteiger partial charge in [0.2, 0.25) is 0 Å². The Morgan fingerprint density at radius 2 is 2.08 bits per heavy atom. The van der Waals surface area contributed by atoms with Crippen molar-refractivity contribution in [2.45, 2.75) is 32.4 Å². The Hall–Kier alpha value is -3.03. The van der Waals surface area contributed by atoms with Gasteiger partial charge in [0.25, 0.3) is 5.91 Å². The second-order valence-corrected chi connectivity index (χ2v) is 6.98. The maximum absolute atomic E-state index is 12.8. The molecule has 2 aliphatic rings. The summed E-state index contributed by atoms with van der Waals surface area (Å²) < 4.78 is 2.18. The molecule has 26 heavy (non-hydrogen) atoms. The largest absolute Gasteiger partial charge is 0.328 e. The maximum atomic E-state index is 12.8. The lowest BCUT2D eigenvalue weighted by molar-refractivity contribution is 0.0700. The van der Waals surface area contributed by atoms with Gasteiger partial charge in [-0.15, -0.1) is 10.2 Å². The molecule has 0 unspecified atom stereocenters. The van der Waals surface area contributed by atoms with Crippen LogP contribution in [-0.2, 0) is 19.5 Å². The van der Waals surface area contributed by atoms with E-state index in [1.54, 1.807) is 29.6 Å². The van der Waals surface area contributed by atoms with Crippen molar-refractivity contribution in [1.29, 1.82) is 0 Å². The molecule has 1 fully saturated rings. The number of amides is 1. The van der Waals surface area contributed by atoms with E-state index in [1.807, 2.05) is 6.07 Å². The van der Waals surface area contributed by atoms with Crippen molar-refractivity contribution in [2.24, 2.45) is 5.92 Å². The molecule has 0 radical (unpaired) electrons. The van der Waals surface area contributed by atoms with E-state index in [0.717, 1.165) is 41.7 Å². The lowest BCUT2D eigenvalue weighted by Crippen LogP contribution is -2.39. The van der Waals surface area contributed by atoms with Gasteiger partial charge in [0, 0.05) is 43.0 Å². The third-order valence-electron chi connectivity index (χ3n) is 5.10. The van der Waals surface area contributed by atoms with Crippen LogP contribution in [0, 0.1) is 5.92 Å². The lowest BCUT2D eigenvalue weighted by atomic mass is 10.1. The monoisotopic (exact) mass is 349 g/mol. The highest BCUT2D eigenvalue weighted by Crippen LogP contribution is 2.32. The van der Waals surface area contributed by atoms with Crippen LogP contribution in [0.3, 0.4) is 0 Å². The third-order valence-corrected chi connectivity index (χ3v) is 5.10. The van der Waals surface area contributed by atoms with Crippen LogP contribution in [0.4, 0.5) is 0 Å². The third kappa shape index (κ3) is 2.77. The van der Waals surface area contributed by atoms with Crippen LogP contribution in [0.25, 0.3) is 11.1 Å². The first-order valence-electron chi connectivity index (χ1n) is 8.93. The van der Waals surface area contributed by atoms with Gasteiger partial charge in [0.1, 0.15) is 11.5 Å². The van der Waals surface area contributed by atoms with E-state index < -0.39 is 0 Å². The van der Waals surface area contributed by atoms with Gasteiger partial charge in [-0.25, -0.2) is 0 Å². The molecule has 8 heteroatoms. The van der Waals surface area contributed by atoms with E-state index in [1.165, 1.54) is 12.8 Å². The number of hydrogen-bond acceptors (Lipinski definition) is 5. The number of nitrogens with one attached hydrogen (secondary N) is 1. The van der Waals surface area contributed by atoms with E-state index in [-0.39, 0.29) is 5.91 Å². The minimum atomic E-state index is -0.0678. The zero-order valence-electron chi connectivity index (χ0n) is 14.3. The van der Waals surface area contributed by atoms with Gasteiger partial charge in [0.05, 0.1) is 12.7 Å². The van der Waals surface area contributed by atoms with Crippen LogP contribution >= 0.6 is 0 Å². The van der Waals surface area contributed by atoms with Gasteiger partial charge in [-0.05, 0) is 24.8 Å². The number of aromatic nitrogens is 6. The summed E-state index contributed by atoms with van der Waals surface area (Å²) in [6, 6.07) is 3.66. The van der Waals surface area contributed by atoms with Gasteiger partial charge in [0.15, 0.2) is 5.82 Å². The van der Waals surface area contributed by atoms with Crippen LogP contribution in [0.2, 0.25) is 0 Å². The van der Waals surface area contributed by atoms with E-state index in [4.69, 9.17) is 0 Å². The molecule has 0 aromatic carbocycles. The lowest BCUT2D eigenvalue weighted by Gasteiger charge is -2.27. The fraction of sp³-hybridized carbons (Fsp3) is 0.389. The SMILES string of the molecule is O=C(c1ccc(-c2cn[nH]c2)cn1)N1CCn2c(CC3CC3)nnc2C1. The molecule has 1 saturated carbocycles. The fourth-order valence-corrected chi connectivity index (χ4v) is 3.38. The Balaban J connectivity index is 1.31. The predicted octanol–water partition coefficient (Wildman–Crippen LogP) is 1.67.